The fourth-order valence-corrected chi connectivity index (χ4v) is 0. The van der Waals surface area contributed by atoms with E-state index in [0.717, 1.165) is 0 Å². The van der Waals surface area contributed by atoms with Crippen molar-refractivity contribution in [3.63, 3.8) is 0 Å². The Hall–Kier alpha value is -0.121. The third-order valence-electron chi connectivity index (χ3n) is 0. The van der Waals surface area contributed by atoms with Crippen molar-refractivity contribution in [1.82, 2.24) is 6.15 Å². The van der Waals surface area contributed by atoms with Gasteiger partial charge < -0.3 is 22.4 Å². The predicted octanol–water partition coefficient (Wildman–Crippen LogP) is 2.14. The smallest absolute Gasteiger partial charge is 0.753 e. The van der Waals surface area contributed by atoms with Crippen LogP contribution >= 0.6 is 36.7 Å². The maximum atomic E-state index is 7.13. The van der Waals surface area contributed by atoms with Gasteiger partial charge in [-0.2, -0.15) is 15.5 Å². The monoisotopic (exact) mass is 247 g/mol. The second kappa shape index (κ2) is 93.9. The van der Waals surface area contributed by atoms with Gasteiger partial charge in [0.1, 0.15) is 0 Å². The van der Waals surface area contributed by atoms with E-state index in [9.17, 15) is 0 Å². The molecule has 0 saturated carbocycles. The molecule has 1 radical (unpaired) electrons. The Morgan fingerprint density at radius 2 is 0.727 bits per heavy atom. The SMILES string of the molecule is N.[Fe+3].[N-]=C=S.[N-]=C=S.[N-]=C=S. The molecule has 0 amide bonds. The van der Waals surface area contributed by atoms with Gasteiger partial charge in [-0.3, -0.25) is 0 Å². The number of hydrogen-bond acceptors (Lipinski definition) is 4. The first-order valence-corrected chi connectivity index (χ1v) is 2.51. The van der Waals surface area contributed by atoms with Crippen molar-refractivity contribution >= 4 is 52.1 Å². The minimum absolute atomic E-state index is 0. The van der Waals surface area contributed by atoms with Gasteiger partial charge in [-0.25, -0.2) is 0 Å². The minimum atomic E-state index is 0. The molecule has 0 aliphatic heterocycles. The van der Waals surface area contributed by atoms with Crippen LogP contribution in [0.3, 0.4) is 0 Å². The van der Waals surface area contributed by atoms with E-state index in [0.29, 0.717) is 0 Å². The fourth-order valence-electron chi connectivity index (χ4n) is 0. The van der Waals surface area contributed by atoms with Gasteiger partial charge in [-0.05, 0) is 0 Å². The average Bonchev–Trinajstić information content (AvgIpc) is 1.70. The summed E-state index contributed by atoms with van der Waals surface area (Å²) in [6, 6.07) is 0. The summed E-state index contributed by atoms with van der Waals surface area (Å²) in [6.07, 6.45) is 0. The van der Waals surface area contributed by atoms with E-state index in [1.54, 1.807) is 0 Å². The van der Waals surface area contributed by atoms with Gasteiger partial charge in [0.05, 0.1) is 0 Å². The Balaban J connectivity index is -0.0000000150. The first kappa shape index (κ1) is 30.7. The third-order valence-corrected chi connectivity index (χ3v) is 0. The third kappa shape index (κ3) is 42200. The first-order valence-electron chi connectivity index (χ1n) is 1.28. The summed E-state index contributed by atoms with van der Waals surface area (Å²) >= 11 is 11.1. The zero-order chi connectivity index (χ0) is 8.12. The number of thiocarbonyl (C=S) groups is 3. The number of nitrogens with zero attached hydrogens (tertiary/aromatic N) is 3. The van der Waals surface area contributed by atoms with Gasteiger partial charge in [0.25, 0.3) is 0 Å². The minimum Gasteiger partial charge on any atom is -0.753 e. The van der Waals surface area contributed by atoms with E-state index in [4.69, 9.17) is 16.2 Å². The summed E-state index contributed by atoms with van der Waals surface area (Å²) in [5, 5.41) is 25.4. The fraction of sp³-hybridized carbons (Fsp3) is 0. The molecule has 0 heterocycles. The van der Waals surface area contributed by atoms with Crippen molar-refractivity contribution in [3.05, 3.63) is 16.2 Å². The zero-order valence-electron chi connectivity index (χ0n) is 5.13. The molecule has 11 heavy (non-hydrogen) atoms. The van der Waals surface area contributed by atoms with E-state index >= 15 is 0 Å². The van der Waals surface area contributed by atoms with Gasteiger partial charge in [0.15, 0.2) is 0 Å². The van der Waals surface area contributed by atoms with E-state index in [2.05, 4.69) is 36.7 Å². The summed E-state index contributed by atoms with van der Waals surface area (Å²) < 4.78 is 0. The van der Waals surface area contributed by atoms with Crippen LogP contribution in [0.5, 0.6) is 0 Å². The first-order chi connectivity index (χ1) is 4.24. The van der Waals surface area contributed by atoms with Crippen molar-refractivity contribution in [2.75, 3.05) is 0 Å². The average molecular weight is 247 g/mol. The largest absolute Gasteiger partial charge is 3.00 e. The summed E-state index contributed by atoms with van der Waals surface area (Å²) in [4.78, 5) is 0. The van der Waals surface area contributed by atoms with Crippen LogP contribution in [0.1, 0.15) is 0 Å². The Labute approximate surface area is 91.3 Å². The van der Waals surface area contributed by atoms with E-state index in [1.807, 2.05) is 0 Å². The molecule has 0 atom stereocenters. The molecule has 0 saturated heterocycles. The maximum Gasteiger partial charge on any atom is 3.00 e. The molecule has 0 spiro atoms. The van der Waals surface area contributed by atoms with Crippen molar-refractivity contribution in [2.45, 2.75) is 0 Å². The van der Waals surface area contributed by atoms with Crippen LogP contribution in [-0.4, -0.2) is 15.5 Å². The van der Waals surface area contributed by atoms with Crippen LogP contribution in [0.4, 0.5) is 0 Å². The number of isothiocyanates is 3. The molecule has 3 N–H and O–H groups in total. The summed E-state index contributed by atoms with van der Waals surface area (Å²) in [5.41, 5.74) is 0. The molecule has 0 aliphatic carbocycles. The van der Waals surface area contributed by atoms with Crippen LogP contribution in [0.15, 0.2) is 0 Å². The van der Waals surface area contributed by atoms with Crippen molar-refractivity contribution in [2.24, 2.45) is 0 Å². The van der Waals surface area contributed by atoms with Gasteiger partial charge >= 0.3 is 17.1 Å². The van der Waals surface area contributed by atoms with Gasteiger partial charge in [0, 0.05) is 0 Å². The quantitative estimate of drug-likeness (QED) is 0.402. The van der Waals surface area contributed by atoms with Crippen LogP contribution in [0.2, 0.25) is 0 Å². The van der Waals surface area contributed by atoms with Crippen LogP contribution in [-0.2, 0) is 17.1 Å². The van der Waals surface area contributed by atoms with Gasteiger partial charge in [-0.1, -0.05) is 36.7 Å². The molecule has 0 aromatic rings. The van der Waals surface area contributed by atoms with Crippen LogP contribution in [0, 0.1) is 0 Å². The predicted molar refractivity (Wildman–Crippen MR) is 52.9 cm³/mol. The topological polar surface area (TPSA) is 102 Å². The number of hydrogen-bond donors (Lipinski definition) is 1. The molecule has 0 bridgehead atoms. The molecule has 0 aliphatic rings. The summed E-state index contributed by atoms with van der Waals surface area (Å²) in [7, 11) is 0. The Morgan fingerprint density at radius 1 is 0.727 bits per heavy atom. The standard InChI is InChI=1S/3CNS.Fe.H3N/c3*2-1-3;;/h;;;;1H3/q3*-1;+3;. The van der Waals surface area contributed by atoms with Crippen molar-refractivity contribution in [3.8, 4) is 0 Å². The van der Waals surface area contributed by atoms with Crippen LogP contribution in [0.25, 0.3) is 16.2 Å². The Bertz CT molecular complexity index is 112. The molecule has 0 aromatic heterocycles. The van der Waals surface area contributed by atoms with Crippen molar-refractivity contribution < 1.29 is 17.1 Å². The molecule has 0 rings (SSSR count). The van der Waals surface area contributed by atoms with Gasteiger partial charge in [0.2, 0.25) is 0 Å². The molecule has 8 heteroatoms. The molecular weight excluding hydrogens is 244 g/mol. The zero-order valence-corrected chi connectivity index (χ0v) is 8.68. The van der Waals surface area contributed by atoms with E-state index < -0.39 is 0 Å². The van der Waals surface area contributed by atoms with Crippen molar-refractivity contribution in [1.29, 1.82) is 0 Å². The summed E-state index contributed by atoms with van der Waals surface area (Å²) in [6.45, 7) is 0. The normalized spacial score (nSPS) is 2.18. The molecular formula is C3H3FeN4S3. The Kier molecular flexibility index (Phi) is 262. The molecule has 4 nitrogen and oxygen atoms in total. The molecule has 0 fully saturated rings. The van der Waals surface area contributed by atoms with Crippen LogP contribution < -0.4 is 6.15 Å². The van der Waals surface area contributed by atoms with Gasteiger partial charge in [-0.15, -0.1) is 0 Å². The second-order valence-electron chi connectivity index (χ2n) is 0.274. The van der Waals surface area contributed by atoms with E-state index in [1.165, 1.54) is 15.5 Å². The molecule has 61 valence electrons. The number of rotatable bonds is 0. The molecule has 0 aromatic carbocycles. The summed E-state index contributed by atoms with van der Waals surface area (Å²) in [5.74, 6) is 0. The Morgan fingerprint density at radius 3 is 0.727 bits per heavy atom. The second-order valence-corrected chi connectivity index (χ2v) is 0.822. The maximum absolute atomic E-state index is 7.13. The van der Waals surface area contributed by atoms with E-state index in [-0.39, 0.29) is 23.2 Å². The molecule has 0 unspecified atom stereocenters.